The molecule has 0 aromatic heterocycles. The quantitative estimate of drug-likeness (QED) is 0.345. The van der Waals surface area contributed by atoms with Crippen LogP contribution in [0.2, 0.25) is 0 Å². The van der Waals surface area contributed by atoms with Gasteiger partial charge in [-0.25, -0.2) is 0 Å². The Morgan fingerprint density at radius 2 is 1.09 bits per heavy atom. The molecule has 1 aliphatic rings. The molecule has 0 aliphatic carbocycles. The number of halogens is 1. The topological polar surface area (TPSA) is 3.24 Å². The van der Waals surface area contributed by atoms with Crippen molar-refractivity contribution in [3.8, 4) is 0 Å². The maximum Gasteiger partial charge on any atom is 0.0534 e. The van der Waals surface area contributed by atoms with Crippen molar-refractivity contribution in [3.63, 3.8) is 0 Å². The minimum absolute atomic E-state index is 1.18. The van der Waals surface area contributed by atoms with Gasteiger partial charge in [0.1, 0.15) is 0 Å². The summed E-state index contributed by atoms with van der Waals surface area (Å²) in [7, 11) is 0. The molecule has 0 spiro atoms. The van der Waals surface area contributed by atoms with E-state index in [0.29, 0.717) is 0 Å². The number of para-hydroxylation sites is 2. The van der Waals surface area contributed by atoms with Gasteiger partial charge in [-0.3, -0.25) is 0 Å². The second-order valence-corrected chi connectivity index (χ2v) is 6.51. The largest absolute Gasteiger partial charge is 0.309 e. The van der Waals surface area contributed by atoms with Crippen LogP contribution in [-0.2, 0) is 0 Å². The number of hydrogen-bond donors (Lipinski definition) is 0. The number of anilines is 3. The Morgan fingerprint density at radius 3 is 1.64 bits per heavy atom. The van der Waals surface area contributed by atoms with Crippen molar-refractivity contribution in [2.45, 2.75) is 0 Å². The molecule has 4 rings (SSSR count). The number of hydrogen-bond acceptors (Lipinski definition) is 1. The standard InChI is InChI=1S/C20H14IN/c21-17-11-13-18(14-12-17)22-19-7-3-1-5-15(19)9-10-16-6-2-4-8-20(16)22/h1-14H. The first kappa shape index (κ1) is 13.6. The molecule has 0 saturated heterocycles. The van der Waals surface area contributed by atoms with Crippen LogP contribution in [0.3, 0.4) is 0 Å². The molecule has 0 fully saturated rings. The van der Waals surface area contributed by atoms with E-state index in [1.807, 2.05) is 0 Å². The van der Waals surface area contributed by atoms with Gasteiger partial charge in [-0.2, -0.15) is 0 Å². The molecular weight excluding hydrogens is 381 g/mol. The SMILES string of the molecule is Ic1ccc(N2c3ccccc3C=Cc3ccccc32)cc1. The first-order valence-electron chi connectivity index (χ1n) is 7.25. The summed E-state index contributed by atoms with van der Waals surface area (Å²) in [6.07, 6.45) is 4.39. The first-order chi connectivity index (χ1) is 10.8. The minimum Gasteiger partial charge on any atom is -0.309 e. The zero-order valence-electron chi connectivity index (χ0n) is 11.9. The van der Waals surface area contributed by atoms with Crippen molar-refractivity contribution in [2.24, 2.45) is 0 Å². The molecule has 1 nitrogen and oxygen atoms in total. The van der Waals surface area contributed by atoms with Crippen molar-refractivity contribution in [1.82, 2.24) is 0 Å². The zero-order chi connectivity index (χ0) is 14.9. The van der Waals surface area contributed by atoms with Gasteiger partial charge in [-0.05, 0) is 70.1 Å². The van der Waals surface area contributed by atoms with E-state index in [1.165, 1.54) is 31.8 Å². The molecule has 0 N–H and O–H groups in total. The van der Waals surface area contributed by atoms with Crippen LogP contribution in [0.1, 0.15) is 11.1 Å². The van der Waals surface area contributed by atoms with Crippen LogP contribution >= 0.6 is 22.6 Å². The van der Waals surface area contributed by atoms with Gasteiger partial charge in [0.25, 0.3) is 0 Å². The summed E-state index contributed by atoms with van der Waals surface area (Å²) in [5, 5.41) is 0. The van der Waals surface area contributed by atoms with E-state index in [1.54, 1.807) is 0 Å². The molecule has 0 bridgehead atoms. The molecule has 2 heteroatoms. The highest BCUT2D eigenvalue weighted by Crippen LogP contribution is 2.41. The van der Waals surface area contributed by atoms with E-state index in [4.69, 9.17) is 0 Å². The molecular formula is C20H14IN. The van der Waals surface area contributed by atoms with Gasteiger partial charge in [0.2, 0.25) is 0 Å². The monoisotopic (exact) mass is 395 g/mol. The number of fused-ring (bicyclic) bond motifs is 2. The van der Waals surface area contributed by atoms with Crippen LogP contribution in [0.4, 0.5) is 17.1 Å². The predicted octanol–water partition coefficient (Wildman–Crippen LogP) is 6.24. The molecule has 0 amide bonds. The smallest absolute Gasteiger partial charge is 0.0534 e. The summed E-state index contributed by atoms with van der Waals surface area (Å²) in [6, 6.07) is 25.7. The van der Waals surface area contributed by atoms with E-state index in [2.05, 4.69) is 112 Å². The van der Waals surface area contributed by atoms with E-state index in [0.717, 1.165) is 0 Å². The van der Waals surface area contributed by atoms with Gasteiger partial charge in [0, 0.05) is 9.26 Å². The molecule has 1 heterocycles. The van der Waals surface area contributed by atoms with E-state index in [9.17, 15) is 0 Å². The van der Waals surface area contributed by atoms with Crippen LogP contribution in [0.15, 0.2) is 72.8 Å². The third-order valence-electron chi connectivity index (χ3n) is 3.88. The van der Waals surface area contributed by atoms with Crippen molar-refractivity contribution < 1.29 is 0 Å². The lowest BCUT2D eigenvalue weighted by Crippen LogP contribution is -2.11. The number of nitrogens with zero attached hydrogens (tertiary/aromatic N) is 1. The Bertz CT molecular complexity index is 800. The van der Waals surface area contributed by atoms with E-state index >= 15 is 0 Å². The van der Waals surface area contributed by atoms with E-state index < -0.39 is 0 Å². The molecule has 0 atom stereocenters. The van der Waals surface area contributed by atoms with Gasteiger partial charge in [0.05, 0.1) is 11.4 Å². The van der Waals surface area contributed by atoms with Crippen molar-refractivity contribution in [2.75, 3.05) is 4.90 Å². The summed E-state index contributed by atoms with van der Waals surface area (Å²) >= 11 is 2.34. The van der Waals surface area contributed by atoms with Crippen LogP contribution in [0, 0.1) is 3.57 Å². The second-order valence-electron chi connectivity index (χ2n) is 5.26. The lowest BCUT2D eigenvalue weighted by atomic mass is 10.1. The molecule has 106 valence electrons. The Labute approximate surface area is 144 Å². The highest BCUT2D eigenvalue weighted by molar-refractivity contribution is 14.1. The second kappa shape index (κ2) is 5.61. The molecule has 3 aromatic rings. The van der Waals surface area contributed by atoms with Crippen LogP contribution in [0.25, 0.3) is 12.2 Å². The number of rotatable bonds is 1. The maximum atomic E-state index is 2.34. The lowest BCUT2D eigenvalue weighted by molar-refractivity contribution is 1.27. The predicted molar refractivity (Wildman–Crippen MR) is 103 cm³/mol. The van der Waals surface area contributed by atoms with Crippen LogP contribution in [-0.4, -0.2) is 0 Å². The van der Waals surface area contributed by atoms with Gasteiger partial charge in [0.15, 0.2) is 0 Å². The Kier molecular flexibility index (Phi) is 3.47. The first-order valence-corrected chi connectivity index (χ1v) is 8.33. The molecule has 1 aliphatic heterocycles. The third-order valence-corrected chi connectivity index (χ3v) is 4.60. The normalized spacial score (nSPS) is 12.5. The van der Waals surface area contributed by atoms with Crippen LogP contribution < -0.4 is 4.90 Å². The summed E-state index contributed by atoms with van der Waals surface area (Å²) < 4.78 is 1.25. The van der Waals surface area contributed by atoms with Gasteiger partial charge in [-0.1, -0.05) is 48.6 Å². The Morgan fingerprint density at radius 1 is 0.591 bits per heavy atom. The highest BCUT2D eigenvalue weighted by Gasteiger charge is 2.18. The van der Waals surface area contributed by atoms with E-state index in [-0.39, 0.29) is 0 Å². The maximum absolute atomic E-state index is 2.34. The van der Waals surface area contributed by atoms with Crippen LogP contribution in [0.5, 0.6) is 0 Å². The molecule has 3 aromatic carbocycles. The molecule has 0 radical (unpaired) electrons. The molecule has 0 unspecified atom stereocenters. The Balaban J connectivity index is 1.99. The summed E-state index contributed by atoms with van der Waals surface area (Å²) in [5.41, 5.74) is 6.08. The third kappa shape index (κ3) is 2.33. The van der Waals surface area contributed by atoms with Gasteiger partial charge < -0.3 is 4.90 Å². The summed E-state index contributed by atoms with van der Waals surface area (Å²) in [4.78, 5) is 2.33. The summed E-state index contributed by atoms with van der Waals surface area (Å²) in [6.45, 7) is 0. The average Bonchev–Trinajstić information content (AvgIpc) is 2.73. The Hall–Kier alpha value is -2.07. The fourth-order valence-electron chi connectivity index (χ4n) is 2.84. The van der Waals surface area contributed by atoms with Crippen molar-refractivity contribution in [1.29, 1.82) is 0 Å². The fraction of sp³-hybridized carbons (Fsp3) is 0. The van der Waals surface area contributed by atoms with Gasteiger partial charge in [-0.15, -0.1) is 0 Å². The molecule has 0 saturated carbocycles. The van der Waals surface area contributed by atoms with Crippen molar-refractivity contribution >= 4 is 51.8 Å². The number of benzene rings is 3. The summed E-state index contributed by atoms with van der Waals surface area (Å²) in [5.74, 6) is 0. The fourth-order valence-corrected chi connectivity index (χ4v) is 3.20. The highest BCUT2D eigenvalue weighted by atomic mass is 127. The minimum atomic E-state index is 1.18. The molecule has 22 heavy (non-hydrogen) atoms. The van der Waals surface area contributed by atoms with Gasteiger partial charge >= 0.3 is 0 Å². The zero-order valence-corrected chi connectivity index (χ0v) is 14.1. The lowest BCUT2D eigenvalue weighted by Gasteiger charge is -2.27. The average molecular weight is 395 g/mol. The van der Waals surface area contributed by atoms with Crippen molar-refractivity contribution in [3.05, 3.63) is 87.5 Å².